The Morgan fingerprint density at radius 2 is 1.95 bits per heavy atom. The molecule has 1 aromatic heterocycles. The minimum atomic E-state index is 0.0831. The monoisotopic (exact) mass is 271 g/mol. The van der Waals surface area contributed by atoms with Crippen LogP contribution in [0.25, 0.3) is 5.69 Å². The smallest absolute Gasteiger partial charge is 0.161 e. The zero-order valence-electron chi connectivity index (χ0n) is 12.3. The molecule has 0 radical (unpaired) electrons. The molecule has 0 amide bonds. The molecule has 1 fully saturated rings. The maximum Gasteiger partial charge on any atom is 0.161 e. The van der Waals surface area contributed by atoms with Crippen molar-refractivity contribution in [2.75, 3.05) is 6.61 Å². The largest absolute Gasteiger partial charge is 0.370 e. The van der Waals surface area contributed by atoms with Crippen LogP contribution in [0.2, 0.25) is 0 Å². The molecule has 4 heteroatoms. The highest BCUT2D eigenvalue weighted by atomic mass is 16.5. The first kappa shape index (κ1) is 13.3. The van der Waals surface area contributed by atoms with Crippen LogP contribution in [-0.2, 0) is 10.2 Å². The van der Waals surface area contributed by atoms with Crippen molar-refractivity contribution in [3.05, 3.63) is 42.0 Å². The van der Waals surface area contributed by atoms with Crippen LogP contribution >= 0.6 is 0 Å². The fraction of sp³-hybridized carbons (Fsp3) is 0.500. The Balaban J connectivity index is 1.92. The number of ether oxygens (including phenoxy) is 1. The Morgan fingerprint density at radius 1 is 1.20 bits per heavy atom. The molecule has 3 rings (SSSR count). The summed E-state index contributed by atoms with van der Waals surface area (Å²) in [7, 11) is 0. The number of rotatable bonds is 2. The fourth-order valence-electron chi connectivity index (χ4n) is 2.55. The molecule has 0 aliphatic carbocycles. The van der Waals surface area contributed by atoms with E-state index in [1.807, 2.05) is 4.68 Å². The Morgan fingerprint density at radius 3 is 2.55 bits per heavy atom. The highest BCUT2D eigenvalue weighted by Gasteiger charge is 2.23. The molecule has 1 aliphatic rings. The third kappa shape index (κ3) is 2.48. The van der Waals surface area contributed by atoms with Crippen LogP contribution < -0.4 is 0 Å². The highest BCUT2D eigenvalue weighted by Crippen LogP contribution is 2.29. The second-order valence-corrected chi connectivity index (χ2v) is 6.33. The second-order valence-electron chi connectivity index (χ2n) is 6.33. The van der Waals surface area contributed by atoms with E-state index in [-0.39, 0.29) is 11.5 Å². The molecule has 0 N–H and O–H groups in total. The van der Waals surface area contributed by atoms with Crippen molar-refractivity contribution in [3.8, 4) is 5.69 Å². The fourth-order valence-corrected chi connectivity index (χ4v) is 2.55. The molecule has 0 spiro atoms. The third-order valence-corrected chi connectivity index (χ3v) is 3.77. The zero-order valence-corrected chi connectivity index (χ0v) is 12.3. The molecule has 1 aromatic carbocycles. The minimum Gasteiger partial charge on any atom is -0.370 e. The molecule has 1 unspecified atom stereocenters. The van der Waals surface area contributed by atoms with E-state index in [1.165, 1.54) is 5.56 Å². The minimum absolute atomic E-state index is 0.0831. The normalized spacial score (nSPS) is 19.4. The summed E-state index contributed by atoms with van der Waals surface area (Å²) in [5, 5.41) is 4.35. The Labute approximate surface area is 119 Å². The zero-order chi connectivity index (χ0) is 14.2. The van der Waals surface area contributed by atoms with Crippen LogP contribution in [0.15, 0.2) is 30.6 Å². The number of hydrogen-bond donors (Lipinski definition) is 0. The van der Waals surface area contributed by atoms with Crippen molar-refractivity contribution in [3.63, 3.8) is 0 Å². The third-order valence-electron chi connectivity index (χ3n) is 3.77. The Hall–Kier alpha value is -1.68. The number of nitrogens with zero attached hydrogens (tertiary/aromatic N) is 3. The van der Waals surface area contributed by atoms with Gasteiger partial charge in [0.2, 0.25) is 0 Å². The van der Waals surface area contributed by atoms with Gasteiger partial charge in [0.05, 0.1) is 5.69 Å². The molecule has 2 heterocycles. The second kappa shape index (κ2) is 5.02. The van der Waals surface area contributed by atoms with E-state index in [9.17, 15) is 0 Å². The topological polar surface area (TPSA) is 39.9 Å². The van der Waals surface area contributed by atoms with Gasteiger partial charge in [-0.3, -0.25) is 0 Å². The Kier molecular flexibility index (Phi) is 3.34. The molecule has 1 aliphatic heterocycles. The predicted octanol–water partition coefficient (Wildman–Crippen LogP) is 3.42. The first-order valence-electron chi connectivity index (χ1n) is 7.18. The average Bonchev–Trinajstić information content (AvgIpc) is 3.08. The standard InChI is InChI=1S/C16H21N3O/c1-16(2,3)12-6-8-13(9-7-12)19-15(17-11-18-19)14-5-4-10-20-14/h6-9,11,14H,4-5,10H2,1-3H3. The lowest BCUT2D eigenvalue weighted by Crippen LogP contribution is -2.12. The molecular formula is C16H21N3O. The van der Waals surface area contributed by atoms with Gasteiger partial charge in [-0.15, -0.1) is 0 Å². The lowest BCUT2D eigenvalue weighted by molar-refractivity contribution is 0.103. The lowest BCUT2D eigenvalue weighted by atomic mass is 9.87. The van der Waals surface area contributed by atoms with Gasteiger partial charge in [-0.25, -0.2) is 9.67 Å². The van der Waals surface area contributed by atoms with E-state index in [1.54, 1.807) is 6.33 Å². The number of hydrogen-bond acceptors (Lipinski definition) is 3. The number of aromatic nitrogens is 3. The highest BCUT2D eigenvalue weighted by molar-refractivity contribution is 5.37. The van der Waals surface area contributed by atoms with Crippen molar-refractivity contribution < 1.29 is 4.74 Å². The van der Waals surface area contributed by atoms with Crippen LogP contribution in [0.5, 0.6) is 0 Å². The van der Waals surface area contributed by atoms with E-state index in [4.69, 9.17) is 4.74 Å². The SMILES string of the molecule is CC(C)(C)c1ccc(-n2ncnc2C2CCCO2)cc1. The van der Waals surface area contributed by atoms with Gasteiger partial charge in [-0.2, -0.15) is 5.10 Å². The van der Waals surface area contributed by atoms with Gasteiger partial charge in [0.15, 0.2) is 5.82 Å². The molecule has 1 atom stereocenters. The van der Waals surface area contributed by atoms with E-state index in [0.717, 1.165) is 31.0 Å². The molecule has 20 heavy (non-hydrogen) atoms. The van der Waals surface area contributed by atoms with Crippen LogP contribution in [0.1, 0.15) is 51.1 Å². The first-order valence-corrected chi connectivity index (χ1v) is 7.18. The van der Waals surface area contributed by atoms with E-state index < -0.39 is 0 Å². The van der Waals surface area contributed by atoms with Gasteiger partial charge in [0.1, 0.15) is 12.4 Å². The summed E-state index contributed by atoms with van der Waals surface area (Å²) in [6.07, 6.45) is 3.81. The maximum atomic E-state index is 5.71. The van der Waals surface area contributed by atoms with E-state index in [2.05, 4.69) is 55.1 Å². The van der Waals surface area contributed by atoms with Crippen molar-refractivity contribution >= 4 is 0 Å². The quantitative estimate of drug-likeness (QED) is 0.840. The summed E-state index contributed by atoms with van der Waals surface area (Å²) >= 11 is 0. The lowest BCUT2D eigenvalue weighted by Gasteiger charge is -2.19. The van der Waals surface area contributed by atoms with Crippen LogP contribution in [0.4, 0.5) is 0 Å². The van der Waals surface area contributed by atoms with Crippen LogP contribution in [0, 0.1) is 0 Å². The van der Waals surface area contributed by atoms with E-state index >= 15 is 0 Å². The predicted molar refractivity (Wildman–Crippen MR) is 78.0 cm³/mol. The molecule has 0 bridgehead atoms. The number of benzene rings is 1. The van der Waals surface area contributed by atoms with Gasteiger partial charge in [0, 0.05) is 6.61 Å². The van der Waals surface area contributed by atoms with Crippen molar-refractivity contribution in [1.82, 2.24) is 14.8 Å². The van der Waals surface area contributed by atoms with Gasteiger partial charge in [-0.05, 0) is 36.0 Å². The maximum absolute atomic E-state index is 5.71. The molecular weight excluding hydrogens is 250 g/mol. The molecule has 2 aromatic rings. The summed E-state index contributed by atoms with van der Waals surface area (Å²) in [6.45, 7) is 7.47. The summed E-state index contributed by atoms with van der Waals surface area (Å²) in [6, 6.07) is 8.54. The summed E-state index contributed by atoms with van der Waals surface area (Å²) in [4.78, 5) is 4.37. The first-order chi connectivity index (χ1) is 9.55. The van der Waals surface area contributed by atoms with Crippen molar-refractivity contribution in [1.29, 1.82) is 0 Å². The molecule has 4 nitrogen and oxygen atoms in total. The molecule has 106 valence electrons. The summed E-state index contributed by atoms with van der Waals surface area (Å²) < 4.78 is 7.61. The molecule has 1 saturated heterocycles. The van der Waals surface area contributed by atoms with Gasteiger partial charge in [-0.1, -0.05) is 32.9 Å². The molecule has 0 saturated carbocycles. The van der Waals surface area contributed by atoms with Gasteiger partial charge in [0.25, 0.3) is 0 Å². The van der Waals surface area contributed by atoms with Crippen LogP contribution in [0.3, 0.4) is 0 Å². The van der Waals surface area contributed by atoms with Gasteiger partial charge < -0.3 is 4.74 Å². The Bertz CT molecular complexity index is 575. The van der Waals surface area contributed by atoms with Gasteiger partial charge >= 0.3 is 0 Å². The summed E-state index contributed by atoms with van der Waals surface area (Å²) in [5.41, 5.74) is 2.53. The van der Waals surface area contributed by atoms with Crippen LogP contribution in [-0.4, -0.2) is 21.4 Å². The van der Waals surface area contributed by atoms with Crippen molar-refractivity contribution in [2.45, 2.75) is 45.1 Å². The van der Waals surface area contributed by atoms with Crippen molar-refractivity contribution in [2.24, 2.45) is 0 Å². The average molecular weight is 271 g/mol. The van der Waals surface area contributed by atoms with E-state index in [0.29, 0.717) is 0 Å². The summed E-state index contributed by atoms with van der Waals surface area (Å²) in [5.74, 6) is 0.908.